The highest BCUT2D eigenvalue weighted by atomic mass is 16.5. The van der Waals surface area contributed by atoms with Gasteiger partial charge in [-0.25, -0.2) is 0 Å². The molecule has 1 fully saturated rings. The number of carbonyl (C=O) groups excluding carboxylic acids is 1. The number of carbonyl (C=O) groups is 1. The molecule has 0 aliphatic carbocycles. The number of nitrogens with zero attached hydrogens (tertiary/aromatic N) is 1. The van der Waals surface area contributed by atoms with Crippen molar-refractivity contribution < 1.29 is 9.53 Å². The van der Waals surface area contributed by atoms with Crippen molar-refractivity contribution in [1.29, 1.82) is 0 Å². The lowest BCUT2D eigenvalue weighted by atomic mass is 10.0. The van der Waals surface area contributed by atoms with Crippen LogP contribution >= 0.6 is 0 Å². The Morgan fingerprint density at radius 3 is 2.94 bits per heavy atom. The highest BCUT2D eigenvalue weighted by molar-refractivity contribution is 5.83. The molecular formula is C15H19NO2. The van der Waals surface area contributed by atoms with Gasteiger partial charge in [0, 0.05) is 19.0 Å². The SMILES string of the molecule is CC1CCCCN1C(=O)C1Cc2ccccc2O1. The van der Waals surface area contributed by atoms with Crippen molar-refractivity contribution in [3.8, 4) is 5.75 Å². The Labute approximate surface area is 108 Å². The monoisotopic (exact) mass is 245 g/mol. The van der Waals surface area contributed by atoms with Crippen LogP contribution in [0.1, 0.15) is 31.7 Å². The van der Waals surface area contributed by atoms with Gasteiger partial charge in [-0.2, -0.15) is 0 Å². The summed E-state index contributed by atoms with van der Waals surface area (Å²) >= 11 is 0. The van der Waals surface area contributed by atoms with Crippen molar-refractivity contribution in [2.45, 2.75) is 44.8 Å². The average molecular weight is 245 g/mol. The highest BCUT2D eigenvalue weighted by Crippen LogP contribution is 2.30. The van der Waals surface area contributed by atoms with Crippen molar-refractivity contribution in [3.63, 3.8) is 0 Å². The third kappa shape index (κ3) is 1.98. The first-order valence-electron chi connectivity index (χ1n) is 6.81. The van der Waals surface area contributed by atoms with E-state index in [0.717, 1.165) is 37.1 Å². The molecule has 0 radical (unpaired) electrons. The van der Waals surface area contributed by atoms with E-state index in [1.54, 1.807) is 0 Å². The zero-order chi connectivity index (χ0) is 12.5. The van der Waals surface area contributed by atoms with Crippen LogP contribution in [0.4, 0.5) is 0 Å². The molecule has 3 rings (SSSR count). The first kappa shape index (κ1) is 11.6. The van der Waals surface area contributed by atoms with Crippen molar-refractivity contribution in [2.24, 2.45) is 0 Å². The van der Waals surface area contributed by atoms with Gasteiger partial charge in [0.05, 0.1) is 0 Å². The second-order valence-electron chi connectivity index (χ2n) is 5.29. The standard InChI is InChI=1S/C15H19NO2/c1-11-6-4-5-9-16(11)15(17)14-10-12-7-2-3-8-13(12)18-14/h2-3,7-8,11,14H,4-6,9-10H2,1H3. The molecule has 2 aliphatic rings. The molecule has 1 saturated heterocycles. The predicted octanol–water partition coefficient (Wildman–Crippen LogP) is 2.39. The van der Waals surface area contributed by atoms with E-state index in [1.807, 2.05) is 29.2 Å². The molecule has 0 saturated carbocycles. The van der Waals surface area contributed by atoms with E-state index in [9.17, 15) is 4.79 Å². The van der Waals surface area contributed by atoms with Gasteiger partial charge in [0.2, 0.25) is 0 Å². The summed E-state index contributed by atoms with van der Waals surface area (Å²) in [5, 5.41) is 0. The number of hydrogen-bond donors (Lipinski definition) is 0. The van der Waals surface area contributed by atoms with Gasteiger partial charge < -0.3 is 9.64 Å². The summed E-state index contributed by atoms with van der Waals surface area (Å²) in [6.07, 6.45) is 3.89. The summed E-state index contributed by atoms with van der Waals surface area (Å²) < 4.78 is 5.78. The Kier molecular flexibility index (Phi) is 2.98. The summed E-state index contributed by atoms with van der Waals surface area (Å²) in [5.74, 6) is 1.04. The fraction of sp³-hybridized carbons (Fsp3) is 0.533. The Morgan fingerprint density at radius 2 is 2.17 bits per heavy atom. The number of fused-ring (bicyclic) bond motifs is 1. The molecule has 2 atom stereocenters. The van der Waals surface area contributed by atoms with E-state index in [1.165, 1.54) is 6.42 Å². The van der Waals surface area contributed by atoms with Gasteiger partial charge in [-0.1, -0.05) is 18.2 Å². The number of amides is 1. The fourth-order valence-electron chi connectivity index (χ4n) is 2.93. The van der Waals surface area contributed by atoms with Crippen LogP contribution in [0.2, 0.25) is 0 Å². The maximum Gasteiger partial charge on any atom is 0.264 e. The largest absolute Gasteiger partial charge is 0.480 e. The summed E-state index contributed by atoms with van der Waals surface area (Å²) in [6, 6.07) is 8.30. The van der Waals surface area contributed by atoms with E-state index in [0.29, 0.717) is 6.04 Å². The molecule has 3 heteroatoms. The van der Waals surface area contributed by atoms with Crippen LogP contribution in [-0.4, -0.2) is 29.5 Å². The summed E-state index contributed by atoms with van der Waals surface area (Å²) in [5.41, 5.74) is 1.15. The molecule has 0 spiro atoms. The number of para-hydroxylation sites is 1. The second-order valence-corrected chi connectivity index (χ2v) is 5.29. The van der Waals surface area contributed by atoms with E-state index < -0.39 is 0 Å². The lowest BCUT2D eigenvalue weighted by Crippen LogP contribution is -2.48. The second kappa shape index (κ2) is 4.63. The third-order valence-corrected chi connectivity index (χ3v) is 4.01. The number of rotatable bonds is 1. The molecule has 0 N–H and O–H groups in total. The maximum atomic E-state index is 12.5. The van der Waals surface area contributed by atoms with Crippen LogP contribution in [0.3, 0.4) is 0 Å². The topological polar surface area (TPSA) is 29.5 Å². The normalized spacial score (nSPS) is 26.6. The summed E-state index contributed by atoms with van der Waals surface area (Å²) in [6.45, 7) is 3.02. The Hall–Kier alpha value is -1.51. The smallest absolute Gasteiger partial charge is 0.264 e. The van der Waals surface area contributed by atoms with Gasteiger partial charge in [-0.3, -0.25) is 4.79 Å². The minimum atomic E-state index is -0.303. The summed E-state index contributed by atoms with van der Waals surface area (Å²) in [4.78, 5) is 14.5. The van der Waals surface area contributed by atoms with Crippen molar-refractivity contribution in [3.05, 3.63) is 29.8 Å². The lowest BCUT2D eigenvalue weighted by Gasteiger charge is -2.34. The van der Waals surface area contributed by atoms with E-state index in [2.05, 4.69) is 6.92 Å². The molecule has 2 heterocycles. The van der Waals surface area contributed by atoms with Crippen molar-refractivity contribution in [2.75, 3.05) is 6.54 Å². The molecule has 1 amide bonds. The summed E-state index contributed by atoms with van der Waals surface area (Å²) in [7, 11) is 0. The molecule has 2 unspecified atom stereocenters. The van der Waals surface area contributed by atoms with Crippen LogP contribution in [0.5, 0.6) is 5.75 Å². The minimum absolute atomic E-state index is 0.165. The van der Waals surface area contributed by atoms with E-state index >= 15 is 0 Å². The van der Waals surface area contributed by atoms with Gasteiger partial charge in [0.25, 0.3) is 5.91 Å². The zero-order valence-electron chi connectivity index (χ0n) is 10.8. The molecule has 3 nitrogen and oxygen atoms in total. The fourth-order valence-corrected chi connectivity index (χ4v) is 2.93. The number of benzene rings is 1. The van der Waals surface area contributed by atoms with E-state index in [4.69, 9.17) is 4.74 Å². The molecule has 2 aliphatic heterocycles. The van der Waals surface area contributed by atoms with Crippen LogP contribution < -0.4 is 4.74 Å². The maximum absolute atomic E-state index is 12.5. The Balaban J connectivity index is 1.72. The molecule has 96 valence electrons. The first-order valence-corrected chi connectivity index (χ1v) is 6.81. The number of piperidine rings is 1. The van der Waals surface area contributed by atoms with Gasteiger partial charge in [0.15, 0.2) is 6.10 Å². The lowest BCUT2D eigenvalue weighted by molar-refractivity contribution is -0.141. The van der Waals surface area contributed by atoms with Crippen LogP contribution in [0.25, 0.3) is 0 Å². The van der Waals surface area contributed by atoms with Crippen LogP contribution in [-0.2, 0) is 11.2 Å². The number of ether oxygens (including phenoxy) is 1. The molecular weight excluding hydrogens is 226 g/mol. The number of hydrogen-bond acceptors (Lipinski definition) is 2. The first-order chi connectivity index (χ1) is 8.75. The molecule has 1 aromatic rings. The predicted molar refractivity (Wildman–Crippen MR) is 69.6 cm³/mol. The van der Waals surface area contributed by atoms with Crippen LogP contribution in [0.15, 0.2) is 24.3 Å². The Bertz CT molecular complexity index is 433. The van der Waals surface area contributed by atoms with E-state index in [-0.39, 0.29) is 12.0 Å². The molecule has 0 bridgehead atoms. The van der Waals surface area contributed by atoms with Gasteiger partial charge >= 0.3 is 0 Å². The quantitative estimate of drug-likeness (QED) is 0.760. The number of likely N-dealkylation sites (tertiary alicyclic amines) is 1. The van der Waals surface area contributed by atoms with Gasteiger partial charge in [-0.15, -0.1) is 0 Å². The van der Waals surface area contributed by atoms with Gasteiger partial charge in [0.1, 0.15) is 5.75 Å². The molecule has 1 aromatic carbocycles. The molecule has 0 aromatic heterocycles. The van der Waals surface area contributed by atoms with Crippen LogP contribution in [0, 0.1) is 0 Å². The average Bonchev–Trinajstić information content (AvgIpc) is 2.82. The zero-order valence-corrected chi connectivity index (χ0v) is 10.8. The third-order valence-electron chi connectivity index (χ3n) is 4.01. The van der Waals surface area contributed by atoms with Gasteiger partial charge in [-0.05, 0) is 37.8 Å². The molecule has 18 heavy (non-hydrogen) atoms. The minimum Gasteiger partial charge on any atom is -0.480 e. The van der Waals surface area contributed by atoms with Crippen molar-refractivity contribution >= 4 is 5.91 Å². The highest BCUT2D eigenvalue weighted by Gasteiger charge is 2.34. The Morgan fingerprint density at radius 1 is 1.33 bits per heavy atom. The van der Waals surface area contributed by atoms with Crippen molar-refractivity contribution in [1.82, 2.24) is 4.90 Å².